The van der Waals surface area contributed by atoms with Crippen molar-refractivity contribution in [3.63, 3.8) is 0 Å². The summed E-state index contributed by atoms with van der Waals surface area (Å²) in [5.74, 6) is 0.703. The molecule has 136 valence electrons. The number of nitrogens with two attached hydrogens (primary N) is 1. The molecule has 7 heteroatoms. The number of aromatic nitrogens is 1. The van der Waals surface area contributed by atoms with E-state index in [-0.39, 0.29) is 11.4 Å². The van der Waals surface area contributed by atoms with Crippen molar-refractivity contribution in [3.05, 3.63) is 35.2 Å². The van der Waals surface area contributed by atoms with Crippen LogP contribution in [0.15, 0.2) is 29.6 Å². The number of carbonyl (C=O) groups excluding carboxylic acids is 1. The number of rotatable bonds is 3. The summed E-state index contributed by atoms with van der Waals surface area (Å²) in [4.78, 5) is 24.0. The molecule has 26 heavy (non-hydrogen) atoms. The minimum atomic E-state index is -0.277. The van der Waals surface area contributed by atoms with Crippen LogP contribution in [0.25, 0.3) is 21.0 Å². The van der Waals surface area contributed by atoms with Gasteiger partial charge in [-0.15, -0.1) is 11.3 Å². The van der Waals surface area contributed by atoms with E-state index in [0.29, 0.717) is 5.56 Å². The maximum absolute atomic E-state index is 12.1. The highest BCUT2D eigenvalue weighted by molar-refractivity contribution is 7.18. The zero-order chi connectivity index (χ0) is 18.3. The molecule has 2 aromatic heterocycles. The molecule has 3 aromatic rings. The van der Waals surface area contributed by atoms with Crippen LogP contribution in [0.1, 0.15) is 30.1 Å². The number of pyridine rings is 1. The minimum Gasteiger partial charge on any atom is -0.356 e. The van der Waals surface area contributed by atoms with Gasteiger partial charge in [0.2, 0.25) is 0 Å². The number of hydrogen-bond donors (Lipinski definition) is 2. The Hall–Kier alpha value is -2.22. The van der Waals surface area contributed by atoms with E-state index in [9.17, 15) is 4.79 Å². The standard InChI is InChI=1S/C19H22N4O2S/c1-19(20)6-8-23(9-7-19)17-14-5-10-26-16(14)13-4-3-12(11-15(13)21-17)18(24)22-25-2/h3-5,10-11H,6-9,20H2,1-2H3,(H,22,24). The lowest BCUT2D eigenvalue weighted by Crippen LogP contribution is -2.48. The molecule has 0 spiro atoms. The van der Waals surface area contributed by atoms with Crippen molar-refractivity contribution < 1.29 is 9.63 Å². The molecule has 4 rings (SSSR count). The molecule has 6 nitrogen and oxygen atoms in total. The molecule has 1 amide bonds. The summed E-state index contributed by atoms with van der Waals surface area (Å²) < 4.78 is 1.20. The molecule has 0 bridgehead atoms. The summed E-state index contributed by atoms with van der Waals surface area (Å²) in [6.07, 6.45) is 1.88. The first-order valence-corrected chi connectivity index (χ1v) is 9.55. The van der Waals surface area contributed by atoms with Crippen molar-refractivity contribution in [2.75, 3.05) is 25.1 Å². The third-order valence-corrected chi connectivity index (χ3v) is 5.98. The molecular formula is C19H22N4O2S. The van der Waals surface area contributed by atoms with E-state index in [1.807, 2.05) is 12.1 Å². The molecule has 0 unspecified atom stereocenters. The SMILES string of the molecule is CONC(=O)c1ccc2c(c1)nc(N1CCC(C)(N)CC1)c1ccsc12. The number of hydroxylamine groups is 1. The van der Waals surface area contributed by atoms with Crippen molar-refractivity contribution in [2.24, 2.45) is 5.73 Å². The van der Waals surface area contributed by atoms with Gasteiger partial charge in [0, 0.05) is 39.7 Å². The van der Waals surface area contributed by atoms with Gasteiger partial charge in [0.15, 0.2) is 0 Å². The summed E-state index contributed by atoms with van der Waals surface area (Å²) >= 11 is 1.70. The second-order valence-corrected chi connectivity index (χ2v) is 8.02. The van der Waals surface area contributed by atoms with Gasteiger partial charge in [0.25, 0.3) is 5.91 Å². The van der Waals surface area contributed by atoms with E-state index < -0.39 is 0 Å². The van der Waals surface area contributed by atoms with Gasteiger partial charge in [-0.05, 0) is 43.3 Å². The quantitative estimate of drug-likeness (QED) is 0.693. The molecule has 1 fully saturated rings. The number of nitrogens with one attached hydrogen (secondary N) is 1. The molecule has 1 aromatic carbocycles. The summed E-state index contributed by atoms with van der Waals surface area (Å²) in [6, 6.07) is 7.72. The van der Waals surface area contributed by atoms with Crippen molar-refractivity contribution in [1.29, 1.82) is 0 Å². The number of carbonyl (C=O) groups is 1. The minimum absolute atomic E-state index is 0.105. The molecule has 3 N–H and O–H groups in total. The van der Waals surface area contributed by atoms with E-state index in [2.05, 4.69) is 28.8 Å². The van der Waals surface area contributed by atoms with Crippen LogP contribution in [0.5, 0.6) is 0 Å². The van der Waals surface area contributed by atoms with E-state index in [1.165, 1.54) is 11.8 Å². The largest absolute Gasteiger partial charge is 0.356 e. The van der Waals surface area contributed by atoms with Crippen molar-refractivity contribution in [1.82, 2.24) is 10.5 Å². The normalized spacial score (nSPS) is 17.0. The van der Waals surface area contributed by atoms with Gasteiger partial charge in [0.05, 0.1) is 12.6 Å². The highest BCUT2D eigenvalue weighted by Crippen LogP contribution is 2.36. The first-order chi connectivity index (χ1) is 12.5. The second-order valence-electron chi connectivity index (χ2n) is 7.11. The van der Waals surface area contributed by atoms with Gasteiger partial charge >= 0.3 is 0 Å². The number of thiophene rings is 1. The Bertz CT molecular complexity index is 972. The maximum Gasteiger partial charge on any atom is 0.274 e. The summed E-state index contributed by atoms with van der Waals surface area (Å²) in [7, 11) is 1.42. The van der Waals surface area contributed by atoms with Gasteiger partial charge in [0.1, 0.15) is 5.82 Å². The van der Waals surface area contributed by atoms with Crippen molar-refractivity contribution in [3.8, 4) is 0 Å². The van der Waals surface area contributed by atoms with Crippen LogP contribution in [0, 0.1) is 0 Å². The topological polar surface area (TPSA) is 80.5 Å². The Morgan fingerprint density at radius 2 is 2.08 bits per heavy atom. The number of hydrogen-bond acceptors (Lipinski definition) is 6. The zero-order valence-electron chi connectivity index (χ0n) is 14.9. The van der Waals surface area contributed by atoms with Gasteiger partial charge in [-0.25, -0.2) is 10.5 Å². The van der Waals surface area contributed by atoms with Gasteiger partial charge < -0.3 is 10.6 Å². The Morgan fingerprint density at radius 1 is 1.31 bits per heavy atom. The number of nitrogens with zero attached hydrogens (tertiary/aromatic N) is 2. The summed E-state index contributed by atoms with van der Waals surface area (Å²) in [5.41, 5.74) is 9.88. The lowest BCUT2D eigenvalue weighted by molar-refractivity contribution is 0.0538. The lowest BCUT2D eigenvalue weighted by atomic mass is 9.91. The molecule has 3 heterocycles. The molecule has 0 radical (unpaired) electrons. The average molecular weight is 370 g/mol. The smallest absolute Gasteiger partial charge is 0.274 e. The van der Waals surface area contributed by atoms with E-state index >= 15 is 0 Å². The zero-order valence-corrected chi connectivity index (χ0v) is 15.7. The highest BCUT2D eigenvalue weighted by Gasteiger charge is 2.27. The van der Waals surface area contributed by atoms with Crippen LogP contribution < -0.4 is 16.1 Å². The first kappa shape index (κ1) is 17.2. The number of fused-ring (bicyclic) bond motifs is 3. The van der Waals surface area contributed by atoms with Crippen molar-refractivity contribution in [2.45, 2.75) is 25.3 Å². The number of amides is 1. The van der Waals surface area contributed by atoms with E-state index in [0.717, 1.165) is 48.0 Å². The van der Waals surface area contributed by atoms with E-state index in [4.69, 9.17) is 15.6 Å². The van der Waals surface area contributed by atoms with Gasteiger partial charge in [-0.2, -0.15) is 0 Å². The van der Waals surface area contributed by atoms with Crippen LogP contribution >= 0.6 is 11.3 Å². The van der Waals surface area contributed by atoms with Crippen LogP contribution in [0.3, 0.4) is 0 Å². The fraction of sp³-hybridized carbons (Fsp3) is 0.368. The van der Waals surface area contributed by atoms with E-state index in [1.54, 1.807) is 17.4 Å². The lowest BCUT2D eigenvalue weighted by Gasteiger charge is -2.37. The monoisotopic (exact) mass is 370 g/mol. The predicted molar refractivity (Wildman–Crippen MR) is 106 cm³/mol. The Labute approximate surface area is 155 Å². The van der Waals surface area contributed by atoms with Gasteiger partial charge in [-0.3, -0.25) is 9.63 Å². The maximum atomic E-state index is 12.1. The van der Waals surface area contributed by atoms with Crippen LogP contribution in [-0.2, 0) is 4.84 Å². The van der Waals surface area contributed by atoms with Crippen LogP contribution in [0.4, 0.5) is 5.82 Å². The number of benzene rings is 1. The predicted octanol–water partition coefficient (Wildman–Crippen LogP) is 3.06. The summed E-state index contributed by atoms with van der Waals surface area (Å²) in [6.45, 7) is 3.89. The fourth-order valence-electron chi connectivity index (χ4n) is 3.45. The van der Waals surface area contributed by atoms with Crippen LogP contribution in [-0.4, -0.2) is 36.6 Å². The molecule has 1 aliphatic heterocycles. The van der Waals surface area contributed by atoms with Crippen LogP contribution in [0.2, 0.25) is 0 Å². The molecule has 0 saturated carbocycles. The number of piperidine rings is 1. The third kappa shape index (κ3) is 3.02. The first-order valence-electron chi connectivity index (χ1n) is 8.67. The van der Waals surface area contributed by atoms with Crippen molar-refractivity contribution >= 4 is 44.1 Å². The summed E-state index contributed by atoms with van der Waals surface area (Å²) in [5, 5.41) is 4.32. The Kier molecular flexibility index (Phi) is 4.30. The fourth-order valence-corrected chi connectivity index (χ4v) is 4.37. The molecule has 0 atom stereocenters. The molecule has 1 aliphatic rings. The Morgan fingerprint density at radius 3 is 2.81 bits per heavy atom. The van der Waals surface area contributed by atoms with Gasteiger partial charge in [-0.1, -0.05) is 6.07 Å². The second kappa shape index (κ2) is 6.50. The number of anilines is 1. The molecular weight excluding hydrogens is 348 g/mol. The average Bonchev–Trinajstić information content (AvgIpc) is 3.11. The highest BCUT2D eigenvalue weighted by atomic mass is 32.1. The molecule has 1 saturated heterocycles. The molecule has 0 aliphatic carbocycles. The Balaban J connectivity index is 1.81. The third-order valence-electron chi connectivity index (χ3n) is 5.04.